The van der Waals surface area contributed by atoms with E-state index in [1.807, 2.05) is 6.07 Å². The lowest BCUT2D eigenvalue weighted by atomic mass is 10.1. The maximum absolute atomic E-state index is 13.5. The van der Waals surface area contributed by atoms with Gasteiger partial charge in [0.1, 0.15) is 0 Å². The van der Waals surface area contributed by atoms with Crippen molar-refractivity contribution < 1.29 is 29.2 Å². The Labute approximate surface area is 194 Å². The maximum Gasteiger partial charge on any atom is 0.203 e. The maximum atomic E-state index is 13.5. The quantitative estimate of drug-likeness (QED) is 0.298. The zero-order valence-corrected chi connectivity index (χ0v) is 19.4. The van der Waals surface area contributed by atoms with Gasteiger partial charge in [-0.1, -0.05) is 17.7 Å². The number of fused-ring (bicyclic) bond motifs is 1. The number of thioether (sulfide) groups is 1. The van der Waals surface area contributed by atoms with Crippen LogP contribution < -0.4 is 14.2 Å². The number of hydrogen-bond acceptors (Lipinski definition) is 7. The molecule has 1 atom stereocenters. The van der Waals surface area contributed by atoms with E-state index in [4.69, 9.17) is 25.8 Å². The number of aliphatic hydroxyl groups is 2. The summed E-state index contributed by atoms with van der Waals surface area (Å²) in [7, 11) is 4.44. The Morgan fingerprint density at radius 3 is 2.44 bits per heavy atom. The summed E-state index contributed by atoms with van der Waals surface area (Å²) in [4.78, 5) is 17.0. The van der Waals surface area contributed by atoms with Gasteiger partial charge < -0.3 is 29.4 Å². The van der Waals surface area contributed by atoms with E-state index in [0.717, 1.165) is 28.2 Å². The molecule has 0 aliphatic carbocycles. The molecule has 0 fully saturated rings. The lowest BCUT2D eigenvalue weighted by Gasteiger charge is -2.15. The summed E-state index contributed by atoms with van der Waals surface area (Å²) >= 11 is 7.22. The highest BCUT2D eigenvalue weighted by Crippen LogP contribution is 2.39. The van der Waals surface area contributed by atoms with Gasteiger partial charge in [-0.2, -0.15) is 0 Å². The fraction of sp³-hybridized carbons (Fsp3) is 0.261. The van der Waals surface area contributed by atoms with Crippen molar-refractivity contribution in [3.05, 3.63) is 57.6 Å². The van der Waals surface area contributed by atoms with Crippen molar-refractivity contribution in [3.63, 3.8) is 0 Å². The Hall–Kier alpha value is -2.65. The number of ketones is 1. The number of nitrogens with one attached hydrogen (secondary N) is 1. The fourth-order valence-corrected chi connectivity index (χ4v) is 4.26. The summed E-state index contributed by atoms with van der Waals surface area (Å²) in [5.74, 6) is 0.956. The van der Waals surface area contributed by atoms with E-state index in [1.54, 1.807) is 36.5 Å². The highest BCUT2D eigenvalue weighted by molar-refractivity contribution is 8.04. The molecule has 32 heavy (non-hydrogen) atoms. The second-order valence-corrected chi connectivity index (χ2v) is 8.33. The number of hydrogen-bond donors (Lipinski definition) is 3. The van der Waals surface area contributed by atoms with Gasteiger partial charge in [0.15, 0.2) is 17.3 Å². The zero-order chi connectivity index (χ0) is 23.3. The Bertz CT molecular complexity index is 1120. The number of halogens is 1. The molecule has 1 unspecified atom stereocenters. The van der Waals surface area contributed by atoms with E-state index in [-0.39, 0.29) is 11.5 Å². The number of aliphatic hydroxyl groups excluding tert-OH is 2. The lowest BCUT2D eigenvalue weighted by molar-refractivity contribution is 0.104. The zero-order valence-electron chi connectivity index (χ0n) is 17.8. The van der Waals surface area contributed by atoms with E-state index in [0.29, 0.717) is 32.7 Å². The number of H-pyrrole nitrogens is 1. The molecule has 3 rings (SSSR count). The highest BCUT2D eigenvalue weighted by atomic mass is 35.5. The molecular weight excluding hydrogens is 454 g/mol. The standard InChI is InChI=1S/C23H24ClNO6S/c1-29-19-6-13(7-20(30-2)23(19)31-3)22(28)21(32-12-16(27)11-26)8-14-10-25-18-9-15(24)4-5-17(14)18/h4-10,16,25-27H,11-12H2,1-3H3/b21-8+. The molecule has 0 bridgehead atoms. The molecule has 1 aromatic heterocycles. The molecular formula is C23H24ClNO6S. The highest BCUT2D eigenvalue weighted by Gasteiger charge is 2.21. The van der Waals surface area contributed by atoms with E-state index in [1.165, 1.54) is 21.3 Å². The van der Waals surface area contributed by atoms with Crippen LogP contribution in [0, 0.1) is 0 Å². The summed E-state index contributed by atoms with van der Waals surface area (Å²) in [5, 5.41) is 20.5. The van der Waals surface area contributed by atoms with Gasteiger partial charge in [-0.25, -0.2) is 0 Å². The van der Waals surface area contributed by atoms with Crippen molar-refractivity contribution in [2.45, 2.75) is 6.10 Å². The number of carbonyl (C=O) groups is 1. The molecule has 0 spiro atoms. The SMILES string of the molecule is COc1cc(C(=O)/C(=C\c2c[nH]c3cc(Cl)ccc23)SCC(O)CO)cc(OC)c1OC. The number of ether oxygens (including phenoxy) is 3. The second kappa shape index (κ2) is 10.8. The van der Waals surface area contributed by atoms with Crippen LogP contribution in [0.3, 0.4) is 0 Å². The first-order valence-corrected chi connectivity index (χ1v) is 11.0. The number of allylic oxidation sites excluding steroid dienone is 1. The third-order valence-corrected chi connectivity index (χ3v) is 6.16. The minimum atomic E-state index is -0.960. The number of aromatic nitrogens is 1. The minimum absolute atomic E-state index is 0.146. The van der Waals surface area contributed by atoms with Crippen molar-refractivity contribution in [1.29, 1.82) is 0 Å². The molecule has 170 valence electrons. The van der Waals surface area contributed by atoms with Crippen molar-refractivity contribution in [2.75, 3.05) is 33.7 Å². The summed E-state index contributed by atoms with van der Waals surface area (Å²) in [5.41, 5.74) is 1.96. The third-order valence-electron chi connectivity index (χ3n) is 4.76. The number of methoxy groups -OCH3 is 3. The van der Waals surface area contributed by atoms with E-state index in [2.05, 4.69) is 4.98 Å². The van der Waals surface area contributed by atoms with Crippen LogP contribution in [-0.4, -0.2) is 60.8 Å². The monoisotopic (exact) mass is 477 g/mol. The van der Waals surface area contributed by atoms with Gasteiger partial charge in [0.2, 0.25) is 5.75 Å². The summed E-state index contributed by atoms with van der Waals surface area (Å²) in [6.07, 6.45) is 2.57. The predicted molar refractivity (Wildman–Crippen MR) is 127 cm³/mol. The molecule has 0 amide bonds. The normalized spacial score (nSPS) is 12.6. The van der Waals surface area contributed by atoms with Crippen LogP contribution in [0.15, 0.2) is 41.4 Å². The van der Waals surface area contributed by atoms with Crippen LogP contribution in [0.2, 0.25) is 5.02 Å². The molecule has 0 saturated heterocycles. The molecule has 0 saturated carbocycles. The molecule has 0 aliphatic heterocycles. The van der Waals surface area contributed by atoms with Gasteiger partial charge in [-0.3, -0.25) is 4.79 Å². The molecule has 0 aliphatic rings. The van der Waals surface area contributed by atoms with E-state index >= 15 is 0 Å². The Kier molecular flexibility index (Phi) is 8.09. The minimum Gasteiger partial charge on any atom is -0.493 e. The Balaban J connectivity index is 2.07. The van der Waals surface area contributed by atoms with Crippen molar-refractivity contribution in [2.24, 2.45) is 0 Å². The summed E-state index contributed by atoms with van der Waals surface area (Å²) < 4.78 is 16.1. The smallest absolute Gasteiger partial charge is 0.203 e. The van der Waals surface area contributed by atoms with Gasteiger partial charge in [0.25, 0.3) is 0 Å². The average molecular weight is 478 g/mol. The van der Waals surface area contributed by atoms with Gasteiger partial charge in [-0.15, -0.1) is 11.8 Å². The topological polar surface area (TPSA) is 101 Å². The van der Waals surface area contributed by atoms with Crippen LogP contribution in [0.25, 0.3) is 17.0 Å². The summed E-state index contributed by atoms with van der Waals surface area (Å²) in [6, 6.07) is 8.61. The Morgan fingerprint density at radius 1 is 1.16 bits per heavy atom. The van der Waals surface area contributed by atoms with Crippen molar-refractivity contribution in [3.8, 4) is 17.2 Å². The van der Waals surface area contributed by atoms with Gasteiger partial charge >= 0.3 is 0 Å². The van der Waals surface area contributed by atoms with Crippen LogP contribution in [0.4, 0.5) is 0 Å². The number of benzene rings is 2. The van der Waals surface area contributed by atoms with Crippen molar-refractivity contribution in [1.82, 2.24) is 4.98 Å². The largest absolute Gasteiger partial charge is 0.493 e. The number of rotatable bonds is 10. The molecule has 1 heterocycles. The molecule has 3 N–H and O–H groups in total. The predicted octanol–water partition coefficient (Wildman–Crippen LogP) is 4.16. The molecule has 3 aromatic rings. The first kappa shape index (κ1) is 24.0. The second-order valence-electron chi connectivity index (χ2n) is 6.83. The first-order valence-electron chi connectivity index (χ1n) is 9.66. The number of Topliss-reactive ketones (excluding diaryl/α,β-unsaturated/α-hetero) is 1. The molecule has 0 radical (unpaired) electrons. The molecule has 7 nitrogen and oxygen atoms in total. The van der Waals surface area contributed by atoms with Gasteiger partial charge in [0, 0.05) is 39.0 Å². The van der Waals surface area contributed by atoms with E-state index in [9.17, 15) is 15.0 Å². The van der Waals surface area contributed by atoms with Crippen LogP contribution in [0.5, 0.6) is 17.2 Å². The summed E-state index contributed by atoms with van der Waals surface area (Å²) in [6.45, 7) is -0.399. The fourth-order valence-electron chi connectivity index (χ4n) is 3.15. The third kappa shape index (κ3) is 5.21. The number of carbonyl (C=O) groups excluding carboxylic acids is 1. The van der Waals surface area contributed by atoms with Crippen LogP contribution in [0.1, 0.15) is 15.9 Å². The van der Waals surface area contributed by atoms with Gasteiger partial charge in [-0.05, 0) is 30.3 Å². The Morgan fingerprint density at radius 2 is 1.84 bits per heavy atom. The molecule has 9 heteroatoms. The van der Waals surface area contributed by atoms with Crippen molar-refractivity contribution >= 4 is 46.1 Å². The average Bonchev–Trinajstić information content (AvgIpc) is 3.21. The van der Waals surface area contributed by atoms with Crippen LogP contribution >= 0.6 is 23.4 Å². The van der Waals surface area contributed by atoms with E-state index < -0.39 is 12.7 Å². The number of aromatic amines is 1. The molecule has 2 aromatic carbocycles. The van der Waals surface area contributed by atoms with Crippen LogP contribution in [-0.2, 0) is 0 Å². The first-order chi connectivity index (χ1) is 15.4. The van der Waals surface area contributed by atoms with Gasteiger partial charge in [0.05, 0.1) is 38.9 Å². The lowest BCUT2D eigenvalue weighted by Crippen LogP contribution is -2.16.